The molecule has 1 N–H and O–H groups in total. The Balaban J connectivity index is 2.37. The predicted octanol–water partition coefficient (Wildman–Crippen LogP) is 2.45. The van der Waals surface area contributed by atoms with Crippen molar-refractivity contribution in [3.05, 3.63) is 49.2 Å². The van der Waals surface area contributed by atoms with Crippen LogP contribution in [0.5, 0.6) is 0 Å². The molecule has 1 heterocycles. The summed E-state index contributed by atoms with van der Waals surface area (Å²) in [6, 6.07) is 6.09. The van der Waals surface area contributed by atoms with Gasteiger partial charge >= 0.3 is 0 Å². The standard InChI is InChI=1S/C13H11IN2O/c1-7-15-11-6-5-8-9(3-2-4-10(8)14)12(11)13(17)16-7/h2-4H,5-6H2,1H3,(H,15,16,17). The van der Waals surface area contributed by atoms with Crippen LogP contribution in [-0.2, 0) is 12.8 Å². The van der Waals surface area contributed by atoms with Gasteiger partial charge in [-0.1, -0.05) is 12.1 Å². The van der Waals surface area contributed by atoms with Gasteiger partial charge in [0.05, 0.1) is 11.3 Å². The Kier molecular flexibility index (Phi) is 2.54. The third-order valence-electron chi connectivity index (χ3n) is 3.11. The average Bonchev–Trinajstić information content (AvgIpc) is 2.28. The van der Waals surface area contributed by atoms with Crippen molar-refractivity contribution in [2.75, 3.05) is 0 Å². The minimum atomic E-state index is -0.0181. The Bertz CT molecular complexity index is 661. The lowest BCUT2D eigenvalue weighted by atomic mass is 9.89. The second kappa shape index (κ2) is 3.94. The van der Waals surface area contributed by atoms with Crippen LogP contribution in [0.3, 0.4) is 0 Å². The van der Waals surface area contributed by atoms with E-state index in [0.717, 1.165) is 29.7 Å². The lowest BCUT2D eigenvalue weighted by molar-refractivity contribution is 0.851. The van der Waals surface area contributed by atoms with Crippen molar-refractivity contribution in [2.24, 2.45) is 0 Å². The van der Waals surface area contributed by atoms with Crippen LogP contribution in [0.15, 0.2) is 23.0 Å². The molecule has 4 heteroatoms. The number of rotatable bonds is 0. The molecule has 0 radical (unpaired) electrons. The fourth-order valence-electron chi connectivity index (χ4n) is 2.39. The van der Waals surface area contributed by atoms with Crippen LogP contribution in [0, 0.1) is 10.5 Å². The van der Waals surface area contributed by atoms with Gasteiger partial charge in [-0.05, 0) is 59.5 Å². The van der Waals surface area contributed by atoms with Gasteiger partial charge < -0.3 is 4.98 Å². The topological polar surface area (TPSA) is 45.8 Å². The smallest absolute Gasteiger partial charge is 0.259 e. The first-order chi connectivity index (χ1) is 8.16. The van der Waals surface area contributed by atoms with E-state index in [0.29, 0.717) is 5.82 Å². The van der Waals surface area contributed by atoms with E-state index >= 15 is 0 Å². The summed E-state index contributed by atoms with van der Waals surface area (Å²) in [7, 11) is 0. The molecule has 1 aliphatic carbocycles. The maximum Gasteiger partial charge on any atom is 0.259 e. The Hall–Kier alpha value is -1.17. The van der Waals surface area contributed by atoms with Gasteiger partial charge in [-0.25, -0.2) is 4.98 Å². The lowest BCUT2D eigenvalue weighted by Gasteiger charge is -2.19. The van der Waals surface area contributed by atoms with Crippen molar-refractivity contribution in [2.45, 2.75) is 19.8 Å². The summed E-state index contributed by atoms with van der Waals surface area (Å²) < 4.78 is 1.23. The van der Waals surface area contributed by atoms with Gasteiger partial charge in [0.25, 0.3) is 5.56 Å². The number of nitrogens with one attached hydrogen (secondary N) is 1. The first kappa shape index (κ1) is 11.0. The highest BCUT2D eigenvalue weighted by Gasteiger charge is 2.21. The van der Waals surface area contributed by atoms with Gasteiger partial charge in [-0.2, -0.15) is 0 Å². The van der Waals surface area contributed by atoms with Crippen LogP contribution >= 0.6 is 22.6 Å². The molecule has 0 aliphatic heterocycles. The molecule has 1 aromatic carbocycles. The highest BCUT2D eigenvalue weighted by atomic mass is 127. The number of aromatic nitrogens is 2. The zero-order chi connectivity index (χ0) is 12.0. The molecule has 3 nitrogen and oxygen atoms in total. The molecule has 0 spiro atoms. The lowest BCUT2D eigenvalue weighted by Crippen LogP contribution is -2.20. The summed E-state index contributed by atoms with van der Waals surface area (Å²) in [5.41, 5.74) is 4.00. The van der Waals surface area contributed by atoms with Crippen LogP contribution in [0.2, 0.25) is 0 Å². The van der Waals surface area contributed by atoms with E-state index in [4.69, 9.17) is 0 Å². The number of fused-ring (bicyclic) bond motifs is 3. The second-order valence-electron chi connectivity index (χ2n) is 4.24. The average molecular weight is 338 g/mol. The molecule has 0 bridgehead atoms. The Morgan fingerprint density at radius 2 is 2.18 bits per heavy atom. The summed E-state index contributed by atoms with van der Waals surface area (Å²) >= 11 is 2.33. The van der Waals surface area contributed by atoms with Crippen LogP contribution in [0.1, 0.15) is 17.1 Å². The second-order valence-corrected chi connectivity index (χ2v) is 5.40. The molecular formula is C13H11IN2O. The third-order valence-corrected chi connectivity index (χ3v) is 4.12. The maximum absolute atomic E-state index is 12.1. The van der Waals surface area contributed by atoms with Crippen molar-refractivity contribution >= 4 is 22.6 Å². The van der Waals surface area contributed by atoms with Crippen LogP contribution in [-0.4, -0.2) is 9.97 Å². The van der Waals surface area contributed by atoms with E-state index in [2.05, 4.69) is 38.6 Å². The van der Waals surface area contributed by atoms with Crippen LogP contribution in [0.25, 0.3) is 11.1 Å². The summed E-state index contributed by atoms with van der Waals surface area (Å²) in [6.07, 6.45) is 1.82. The van der Waals surface area contributed by atoms with Gasteiger partial charge in [0, 0.05) is 3.57 Å². The Labute approximate surface area is 112 Å². The molecule has 86 valence electrons. The minimum absolute atomic E-state index is 0.0181. The highest BCUT2D eigenvalue weighted by Crippen LogP contribution is 2.32. The van der Waals surface area contributed by atoms with Gasteiger partial charge in [0.2, 0.25) is 0 Å². The molecule has 0 saturated carbocycles. The first-order valence-corrected chi connectivity index (χ1v) is 6.62. The molecule has 0 saturated heterocycles. The van der Waals surface area contributed by atoms with E-state index in [1.807, 2.05) is 19.1 Å². The van der Waals surface area contributed by atoms with Crippen molar-refractivity contribution < 1.29 is 0 Å². The monoisotopic (exact) mass is 338 g/mol. The molecule has 0 fully saturated rings. The molecule has 3 rings (SSSR count). The number of hydrogen-bond acceptors (Lipinski definition) is 2. The maximum atomic E-state index is 12.1. The van der Waals surface area contributed by atoms with Crippen molar-refractivity contribution in [3.8, 4) is 11.1 Å². The molecule has 0 amide bonds. The molecule has 2 aromatic rings. The molecule has 17 heavy (non-hydrogen) atoms. The van der Waals surface area contributed by atoms with Gasteiger partial charge in [-0.3, -0.25) is 4.79 Å². The number of H-pyrrole nitrogens is 1. The third kappa shape index (κ3) is 1.71. The summed E-state index contributed by atoms with van der Waals surface area (Å²) in [4.78, 5) is 19.3. The molecular weight excluding hydrogens is 327 g/mol. The summed E-state index contributed by atoms with van der Waals surface area (Å²) in [5, 5.41) is 0. The largest absolute Gasteiger partial charge is 0.310 e. The number of nitrogens with zero attached hydrogens (tertiary/aromatic N) is 1. The fourth-order valence-corrected chi connectivity index (χ4v) is 3.16. The highest BCUT2D eigenvalue weighted by molar-refractivity contribution is 14.1. The number of aryl methyl sites for hydroxylation is 2. The summed E-state index contributed by atoms with van der Waals surface area (Å²) in [5.74, 6) is 0.697. The fraction of sp³-hybridized carbons (Fsp3) is 0.231. The number of aromatic amines is 1. The minimum Gasteiger partial charge on any atom is -0.310 e. The van der Waals surface area contributed by atoms with Gasteiger partial charge in [0.15, 0.2) is 0 Å². The van der Waals surface area contributed by atoms with Gasteiger partial charge in [0.1, 0.15) is 5.82 Å². The Morgan fingerprint density at radius 1 is 1.35 bits per heavy atom. The van der Waals surface area contributed by atoms with E-state index in [-0.39, 0.29) is 5.56 Å². The van der Waals surface area contributed by atoms with Crippen LogP contribution < -0.4 is 5.56 Å². The molecule has 1 aromatic heterocycles. The van der Waals surface area contributed by atoms with E-state index in [1.165, 1.54) is 9.13 Å². The van der Waals surface area contributed by atoms with Crippen LogP contribution in [0.4, 0.5) is 0 Å². The van der Waals surface area contributed by atoms with Crippen molar-refractivity contribution in [1.82, 2.24) is 9.97 Å². The van der Waals surface area contributed by atoms with E-state index in [1.54, 1.807) is 0 Å². The van der Waals surface area contributed by atoms with Crippen molar-refractivity contribution in [1.29, 1.82) is 0 Å². The number of halogens is 1. The van der Waals surface area contributed by atoms with E-state index < -0.39 is 0 Å². The normalized spacial score (nSPS) is 13.1. The molecule has 1 aliphatic rings. The summed E-state index contributed by atoms with van der Waals surface area (Å²) in [6.45, 7) is 1.83. The van der Waals surface area contributed by atoms with E-state index in [9.17, 15) is 4.79 Å². The SMILES string of the molecule is Cc1nc2c(c(=O)[nH]1)-c1cccc(I)c1CC2. The predicted molar refractivity (Wildman–Crippen MR) is 75.2 cm³/mol. The van der Waals surface area contributed by atoms with Gasteiger partial charge in [-0.15, -0.1) is 0 Å². The number of hydrogen-bond donors (Lipinski definition) is 1. The quantitative estimate of drug-likeness (QED) is 0.750. The molecule has 0 atom stereocenters. The number of benzene rings is 1. The molecule has 0 unspecified atom stereocenters. The first-order valence-electron chi connectivity index (χ1n) is 5.54. The zero-order valence-corrected chi connectivity index (χ0v) is 11.5. The zero-order valence-electron chi connectivity index (χ0n) is 9.38. The van der Waals surface area contributed by atoms with Crippen molar-refractivity contribution in [3.63, 3.8) is 0 Å². The Morgan fingerprint density at radius 3 is 3.00 bits per heavy atom.